The summed E-state index contributed by atoms with van der Waals surface area (Å²) in [5.74, 6) is 6.18. The van der Waals surface area contributed by atoms with Crippen LogP contribution in [0.4, 0.5) is 0 Å². The molecule has 0 bridgehead atoms. The molecule has 0 aliphatic heterocycles. The van der Waals surface area contributed by atoms with E-state index in [1.165, 1.54) is 4.80 Å². The van der Waals surface area contributed by atoms with Crippen LogP contribution >= 0.6 is 11.3 Å². The second kappa shape index (κ2) is 4.47. The molecule has 2 heterocycles. The summed E-state index contributed by atoms with van der Waals surface area (Å²) >= 11 is 1.64. The second-order valence-corrected chi connectivity index (χ2v) is 3.96. The Bertz CT molecular complexity index is 408. The fourth-order valence-electron chi connectivity index (χ4n) is 1.33. The van der Waals surface area contributed by atoms with Crippen LogP contribution in [0, 0.1) is 0 Å². The van der Waals surface area contributed by atoms with Crippen molar-refractivity contribution in [3.8, 4) is 0 Å². The predicted molar refractivity (Wildman–Crippen MR) is 56.9 cm³/mol. The molecular weight excluding hydrogens is 212 g/mol. The maximum Gasteiger partial charge on any atom is 0.176 e. The lowest BCUT2D eigenvalue weighted by Gasteiger charge is -2.11. The fourth-order valence-corrected chi connectivity index (χ4v) is 2.05. The van der Waals surface area contributed by atoms with Crippen molar-refractivity contribution in [3.63, 3.8) is 0 Å². The molecule has 0 aliphatic rings. The van der Waals surface area contributed by atoms with Crippen molar-refractivity contribution in [1.29, 1.82) is 0 Å². The normalized spacial score (nSPS) is 12.9. The molecule has 80 valence electrons. The summed E-state index contributed by atoms with van der Waals surface area (Å²) in [4.78, 5) is 1.44. The van der Waals surface area contributed by atoms with Gasteiger partial charge < -0.3 is 0 Å². The number of aromatic nitrogens is 4. The molecule has 2 aromatic heterocycles. The molecule has 0 radical (unpaired) electrons. The topological polar surface area (TPSA) is 81.7 Å². The summed E-state index contributed by atoms with van der Waals surface area (Å²) < 4.78 is 0. The quantitative estimate of drug-likeness (QED) is 0.565. The molecule has 6 nitrogen and oxygen atoms in total. The minimum absolute atomic E-state index is 0.0421. The van der Waals surface area contributed by atoms with Crippen molar-refractivity contribution in [2.24, 2.45) is 12.9 Å². The number of nitrogens with two attached hydrogens (primary N) is 1. The molecule has 0 aliphatic carbocycles. The van der Waals surface area contributed by atoms with E-state index in [1.54, 1.807) is 18.4 Å². The Hall–Kier alpha value is -1.31. The van der Waals surface area contributed by atoms with Crippen molar-refractivity contribution in [1.82, 2.24) is 25.6 Å². The van der Waals surface area contributed by atoms with Gasteiger partial charge in [-0.2, -0.15) is 16.1 Å². The molecule has 7 heteroatoms. The van der Waals surface area contributed by atoms with E-state index >= 15 is 0 Å². The van der Waals surface area contributed by atoms with Crippen LogP contribution in [0.1, 0.15) is 17.4 Å². The van der Waals surface area contributed by atoms with E-state index in [0.29, 0.717) is 12.2 Å². The van der Waals surface area contributed by atoms with Gasteiger partial charge >= 0.3 is 0 Å². The van der Waals surface area contributed by atoms with Gasteiger partial charge in [-0.1, -0.05) is 0 Å². The second-order valence-electron chi connectivity index (χ2n) is 3.18. The number of hydrogen-bond donors (Lipinski definition) is 2. The van der Waals surface area contributed by atoms with Crippen molar-refractivity contribution < 1.29 is 0 Å². The van der Waals surface area contributed by atoms with Gasteiger partial charge in [0.05, 0.1) is 13.1 Å². The maximum absolute atomic E-state index is 5.49. The molecule has 0 saturated carbocycles. The number of nitrogens with one attached hydrogen (secondary N) is 1. The average molecular weight is 224 g/mol. The Morgan fingerprint density at radius 3 is 3.07 bits per heavy atom. The number of aryl methyl sites for hydroxylation is 1. The average Bonchev–Trinajstić information content (AvgIpc) is 2.85. The highest BCUT2D eigenvalue weighted by Gasteiger charge is 2.13. The van der Waals surface area contributed by atoms with Crippen LogP contribution in [-0.4, -0.2) is 20.2 Å². The number of rotatable bonds is 4. The van der Waals surface area contributed by atoms with Crippen LogP contribution in [0.2, 0.25) is 0 Å². The first-order chi connectivity index (χ1) is 7.29. The highest BCUT2D eigenvalue weighted by molar-refractivity contribution is 7.07. The van der Waals surface area contributed by atoms with E-state index in [4.69, 9.17) is 5.84 Å². The van der Waals surface area contributed by atoms with Crippen molar-refractivity contribution >= 4 is 11.3 Å². The fraction of sp³-hybridized carbons (Fsp3) is 0.375. The van der Waals surface area contributed by atoms with Gasteiger partial charge in [-0.05, 0) is 27.6 Å². The summed E-state index contributed by atoms with van der Waals surface area (Å²) in [7, 11) is 1.74. The standard InChI is InChI=1S/C8H12N6S/c1-14-12-8(11-13-14)4-7(10-9)6-2-3-15-5-6/h2-3,5,7,10H,4,9H2,1H3. The Kier molecular flexibility index (Phi) is 3.05. The van der Waals surface area contributed by atoms with Gasteiger partial charge in [0, 0.05) is 6.42 Å². The van der Waals surface area contributed by atoms with Gasteiger partial charge in [0.1, 0.15) is 0 Å². The molecule has 0 aromatic carbocycles. The Labute approximate surface area is 91.1 Å². The minimum atomic E-state index is 0.0421. The van der Waals surface area contributed by atoms with Crippen LogP contribution in [0.3, 0.4) is 0 Å². The van der Waals surface area contributed by atoms with Gasteiger partial charge in [-0.25, -0.2) is 0 Å². The Balaban J connectivity index is 2.09. The maximum atomic E-state index is 5.49. The van der Waals surface area contributed by atoms with Gasteiger partial charge in [-0.15, -0.1) is 10.2 Å². The van der Waals surface area contributed by atoms with Crippen LogP contribution < -0.4 is 11.3 Å². The molecule has 2 rings (SSSR count). The van der Waals surface area contributed by atoms with Crippen LogP contribution in [0.5, 0.6) is 0 Å². The molecule has 1 unspecified atom stereocenters. The molecule has 0 fully saturated rings. The molecule has 15 heavy (non-hydrogen) atoms. The van der Waals surface area contributed by atoms with Crippen molar-refractivity contribution in [2.45, 2.75) is 12.5 Å². The Morgan fingerprint density at radius 1 is 1.67 bits per heavy atom. The number of nitrogens with zero attached hydrogens (tertiary/aromatic N) is 4. The summed E-state index contributed by atoms with van der Waals surface area (Å²) in [6, 6.07) is 2.08. The highest BCUT2D eigenvalue weighted by atomic mass is 32.1. The lowest BCUT2D eigenvalue weighted by molar-refractivity contribution is 0.537. The largest absolute Gasteiger partial charge is 0.271 e. The SMILES string of the molecule is Cn1nnc(CC(NN)c2ccsc2)n1. The summed E-state index contributed by atoms with van der Waals surface area (Å²) in [6.07, 6.45) is 0.640. The first-order valence-corrected chi connectivity index (χ1v) is 5.45. The number of hydrazine groups is 1. The predicted octanol–water partition coefficient (Wildman–Crippen LogP) is 0.0187. The zero-order valence-corrected chi connectivity index (χ0v) is 9.11. The van der Waals surface area contributed by atoms with Gasteiger partial charge in [0.25, 0.3) is 0 Å². The lowest BCUT2D eigenvalue weighted by Crippen LogP contribution is -2.29. The van der Waals surface area contributed by atoms with Crippen molar-refractivity contribution in [3.05, 3.63) is 28.2 Å². The molecule has 0 saturated heterocycles. The molecule has 3 N–H and O–H groups in total. The van der Waals surface area contributed by atoms with E-state index in [9.17, 15) is 0 Å². The van der Waals surface area contributed by atoms with Crippen LogP contribution in [0.15, 0.2) is 16.8 Å². The molecule has 2 aromatic rings. The number of thiophene rings is 1. The zero-order valence-electron chi connectivity index (χ0n) is 8.29. The molecular formula is C8H12N6S. The Morgan fingerprint density at radius 2 is 2.53 bits per heavy atom. The number of tetrazole rings is 1. The van der Waals surface area contributed by atoms with E-state index in [2.05, 4.69) is 26.2 Å². The lowest BCUT2D eigenvalue weighted by atomic mass is 10.1. The van der Waals surface area contributed by atoms with Gasteiger partial charge in [0.2, 0.25) is 0 Å². The molecule has 1 atom stereocenters. The zero-order chi connectivity index (χ0) is 10.7. The smallest absolute Gasteiger partial charge is 0.176 e. The first-order valence-electron chi connectivity index (χ1n) is 4.50. The highest BCUT2D eigenvalue weighted by Crippen LogP contribution is 2.18. The molecule has 0 amide bonds. The third kappa shape index (κ3) is 2.38. The van der Waals surface area contributed by atoms with E-state index in [-0.39, 0.29) is 6.04 Å². The number of hydrogen-bond acceptors (Lipinski definition) is 6. The summed E-state index contributed by atoms with van der Waals surface area (Å²) in [5, 5.41) is 15.9. The summed E-state index contributed by atoms with van der Waals surface area (Å²) in [6.45, 7) is 0. The minimum Gasteiger partial charge on any atom is -0.271 e. The van der Waals surface area contributed by atoms with Crippen molar-refractivity contribution in [2.75, 3.05) is 0 Å². The van der Waals surface area contributed by atoms with Crippen LogP contribution in [-0.2, 0) is 13.5 Å². The van der Waals surface area contributed by atoms with E-state index < -0.39 is 0 Å². The molecule has 0 spiro atoms. The third-order valence-corrected chi connectivity index (χ3v) is 2.78. The van der Waals surface area contributed by atoms with Gasteiger partial charge in [-0.3, -0.25) is 11.3 Å². The van der Waals surface area contributed by atoms with Gasteiger partial charge in [0.15, 0.2) is 5.82 Å². The van der Waals surface area contributed by atoms with E-state index in [0.717, 1.165) is 5.56 Å². The monoisotopic (exact) mass is 224 g/mol. The van der Waals surface area contributed by atoms with Crippen LogP contribution in [0.25, 0.3) is 0 Å². The first kappa shape index (κ1) is 10.2. The summed E-state index contributed by atoms with van der Waals surface area (Å²) in [5.41, 5.74) is 3.90. The third-order valence-electron chi connectivity index (χ3n) is 2.08. The van der Waals surface area contributed by atoms with E-state index in [1.807, 2.05) is 11.4 Å².